The van der Waals surface area contributed by atoms with Gasteiger partial charge in [0.25, 0.3) is 0 Å². The van der Waals surface area contributed by atoms with Crippen molar-refractivity contribution < 1.29 is 4.39 Å². The molecular formula is C9H9BrFN3. The van der Waals surface area contributed by atoms with Gasteiger partial charge in [0.1, 0.15) is 17.2 Å². The number of halogens is 2. The van der Waals surface area contributed by atoms with Crippen LogP contribution in [-0.4, -0.2) is 9.97 Å². The Morgan fingerprint density at radius 2 is 2.29 bits per heavy atom. The summed E-state index contributed by atoms with van der Waals surface area (Å²) in [5.74, 6) is 0.357. The maximum atomic E-state index is 13.0. The molecule has 3 nitrogen and oxygen atoms in total. The number of H-pyrrole nitrogens is 1. The van der Waals surface area contributed by atoms with Crippen molar-refractivity contribution in [1.82, 2.24) is 9.97 Å². The molecule has 1 heterocycles. The van der Waals surface area contributed by atoms with E-state index in [4.69, 9.17) is 5.73 Å². The van der Waals surface area contributed by atoms with Gasteiger partial charge >= 0.3 is 0 Å². The molecule has 0 aliphatic rings. The van der Waals surface area contributed by atoms with E-state index in [0.29, 0.717) is 21.3 Å². The number of fused-ring (bicyclic) bond motifs is 1. The number of nitrogens with one attached hydrogen (secondary N) is 1. The van der Waals surface area contributed by atoms with Gasteiger partial charge in [0.2, 0.25) is 0 Å². The Hall–Kier alpha value is -0.940. The topological polar surface area (TPSA) is 54.7 Å². The number of aromatic nitrogens is 2. The van der Waals surface area contributed by atoms with Crippen LogP contribution in [0.1, 0.15) is 18.8 Å². The zero-order valence-corrected chi connectivity index (χ0v) is 9.10. The fourth-order valence-electron chi connectivity index (χ4n) is 1.28. The van der Waals surface area contributed by atoms with E-state index in [-0.39, 0.29) is 11.9 Å². The number of nitrogens with two attached hydrogens (primary N) is 1. The standard InChI is InChI=1S/C9H9BrFN3/c1-4(12)9-13-7-3-5(11)2-6(10)8(7)14-9/h2-4H,12H2,1H3,(H,13,14). The minimum Gasteiger partial charge on any atom is -0.341 e. The van der Waals surface area contributed by atoms with Gasteiger partial charge in [-0.3, -0.25) is 0 Å². The van der Waals surface area contributed by atoms with Crippen LogP contribution in [0.5, 0.6) is 0 Å². The predicted octanol–water partition coefficient (Wildman–Crippen LogP) is 2.48. The zero-order valence-electron chi connectivity index (χ0n) is 7.51. The Morgan fingerprint density at radius 1 is 1.57 bits per heavy atom. The first-order chi connectivity index (χ1) is 6.58. The minimum absolute atomic E-state index is 0.183. The first-order valence-corrected chi connectivity index (χ1v) is 4.97. The van der Waals surface area contributed by atoms with E-state index in [2.05, 4.69) is 25.9 Å². The van der Waals surface area contributed by atoms with Crippen molar-refractivity contribution in [3.63, 3.8) is 0 Å². The molecule has 74 valence electrons. The van der Waals surface area contributed by atoms with Crippen LogP contribution >= 0.6 is 15.9 Å². The first-order valence-electron chi connectivity index (χ1n) is 4.18. The normalized spacial score (nSPS) is 13.4. The Bertz CT molecular complexity index is 478. The van der Waals surface area contributed by atoms with E-state index in [1.54, 1.807) is 0 Å². The molecule has 0 spiro atoms. The lowest BCUT2D eigenvalue weighted by Crippen LogP contribution is -2.06. The van der Waals surface area contributed by atoms with Gasteiger partial charge in [-0.1, -0.05) is 0 Å². The summed E-state index contributed by atoms with van der Waals surface area (Å²) in [6.45, 7) is 1.82. The lowest BCUT2D eigenvalue weighted by molar-refractivity contribution is 0.628. The molecule has 1 aromatic heterocycles. The summed E-state index contributed by atoms with van der Waals surface area (Å²) in [5.41, 5.74) is 7.03. The maximum absolute atomic E-state index is 13.0. The summed E-state index contributed by atoms with van der Waals surface area (Å²) in [7, 11) is 0. The van der Waals surface area contributed by atoms with Crippen molar-refractivity contribution >= 4 is 27.0 Å². The van der Waals surface area contributed by atoms with Crippen LogP contribution in [0, 0.1) is 5.82 Å². The van der Waals surface area contributed by atoms with Crippen LogP contribution in [0.25, 0.3) is 11.0 Å². The SMILES string of the molecule is CC(N)c1nc2c(Br)cc(F)cc2[nH]1. The minimum atomic E-state index is -0.302. The molecule has 0 bridgehead atoms. The molecule has 0 radical (unpaired) electrons. The lowest BCUT2D eigenvalue weighted by atomic mass is 10.3. The van der Waals surface area contributed by atoms with Crippen molar-refractivity contribution in [3.8, 4) is 0 Å². The molecule has 1 unspecified atom stereocenters. The van der Waals surface area contributed by atoms with Gasteiger partial charge in [0.15, 0.2) is 0 Å². The van der Waals surface area contributed by atoms with E-state index in [1.807, 2.05) is 6.92 Å². The number of hydrogen-bond acceptors (Lipinski definition) is 2. The largest absolute Gasteiger partial charge is 0.341 e. The van der Waals surface area contributed by atoms with Gasteiger partial charge in [-0.25, -0.2) is 9.37 Å². The number of benzene rings is 1. The summed E-state index contributed by atoms with van der Waals surface area (Å²) in [5, 5.41) is 0. The third-order valence-electron chi connectivity index (χ3n) is 1.95. The molecule has 1 atom stereocenters. The molecule has 1 aromatic carbocycles. The average Bonchev–Trinajstić information content (AvgIpc) is 2.47. The zero-order chi connectivity index (χ0) is 10.3. The van der Waals surface area contributed by atoms with Gasteiger partial charge in [-0.15, -0.1) is 0 Å². The Morgan fingerprint density at radius 3 is 2.93 bits per heavy atom. The molecule has 0 saturated heterocycles. The van der Waals surface area contributed by atoms with Gasteiger partial charge in [0.05, 0.1) is 11.6 Å². The highest BCUT2D eigenvalue weighted by molar-refractivity contribution is 9.10. The molecule has 2 aromatic rings. The Balaban J connectivity index is 2.70. The van der Waals surface area contributed by atoms with Crippen LogP contribution in [0.4, 0.5) is 4.39 Å². The molecule has 2 rings (SSSR count). The Labute approximate surface area is 88.6 Å². The van der Waals surface area contributed by atoms with E-state index in [0.717, 1.165) is 0 Å². The van der Waals surface area contributed by atoms with Crippen LogP contribution < -0.4 is 5.73 Å². The summed E-state index contributed by atoms with van der Waals surface area (Å²) in [6, 6.07) is 2.60. The second kappa shape index (κ2) is 3.33. The summed E-state index contributed by atoms with van der Waals surface area (Å²) in [4.78, 5) is 7.23. The van der Waals surface area contributed by atoms with Gasteiger partial charge in [-0.2, -0.15) is 0 Å². The van der Waals surface area contributed by atoms with Crippen LogP contribution in [0.3, 0.4) is 0 Å². The van der Waals surface area contributed by atoms with Crippen LogP contribution in [0.15, 0.2) is 16.6 Å². The van der Waals surface area contributed by atoms with E-state index >= 15 is 0 Å². The van der Waals surface area contributed by atoms with E-state index < -0.39 is 0 Å². The quantitative estimate of drug-likeness (QED) is 0.825. The number of nitrogens with zero attached hydrogens (tertiary/aromatic N) is 1. The predicted molar refractivity (Wildman–Crippen MR) is 56.4 cm³/mol. The second-order valence-corrected chi connectivity index (χ2v) is 4.05. The van der Waals surface area contributed by atoms with Crippen molar-refractivity contribution in [3.05, 3.63) is 28.2 Å². The highest BCUT2D eigenvalue weighted by atomic mass is 79.9. The van der Waals surface area contributed by atoms with Crippen LogP contribution in [-0.2, 0) is 0 Å². The fraction of sp³-hybridized carbons (Fsp3) is 0.222. The summed E-state index contributed by atoms with van der Waals surface area (Å²) in [6.07, 6.45) is 0. The summed E-state index contributed by atoms with van der Waals surface area (Å²) >= 11 is 3.25. The highest BCUT2D eigenvalue weighted by Crippen LogP contribution is 2.24. The molecule has 0 aliphatic carbocycles. The molecule has 5 heteroatoms. The first kappa shape index (κ1) is 9.61. The van der Waals surface area contributed by atoms with Crippen molar-refractivity contribution in [2.75, 3.05) is 0 Å². The van der Waals surface area contributed by atoms with Crippen molar-refractivity contribution in [2.45, 2.75) is 13.0 Å². The number of imidazole rings is 1. The van der Waals surface area contributed by atoms with Gasteiger partial charge in [-0.05, 0) is 35.0 Å². The second-order valence-electron chi connectivity index (χ2n) is 3.19. The third kappa shape index (κ3) is 1.53. The average molecular weight is 258 g/mol. The Kier molecular flexibility index (Phi) is 2.28. The lowest BCUT2D eigenvalue weighted by Gasteiger charge is -1.96. The van der Waals surface area contributed by atoms with Gasteiger partial charge < -0.3 is 10.7 Å². The monoisotopic (exact) mass is 257 g/mol. The molecule has 0 fully saturated rings. The van der Waals surface area contributed by atoms with Gasteiger partial charge in [0, 0.05) is 4.47 Å². The molecule has 14 heavy (non-hydrogen) atoms. The molecule has 0 aliphatic heterocycles. The third-order valence-corrected chi connectivity index (χ3v) is 2.56. The molecule has 3 N–H and O–H groups in total. The summed E-state index contributed by atoms with van der Waals surface area (Å²) < 4.78 is 13.6. The maximum Gasteiger partial charge on any atom is 0.126 e. The molecular weight excluding hydrogens is 249 g/mol. The number of hydrogen-bond donors (Lipinski definition) is 2. The molecule has 0 amide bonds. The van der Waals surface area contributed by atoms with Crippen molar-refractivity contribution in [2.24, 2.45) is 5.73 Å². The van der Waals surface area contributed by atoms with Crippen molar-refractivity contribution in [1.29, 1.82) is 0 Å². The van der Waals surface area contributed by atoms with E-state index in [9.17, 15) is 4.39 Å². The highest BCUT2D eigenvalue weighted by Gasteiger charge is 2.10. The van der Waals surface area contributed by atoms with Crippen LogP contribution in [0.2, 0.25) is 0 Å². The fourth-order valence-corrected chi connectivity index (χ4v) is 1.80. The smallest absolute Gasteiger partial charge is 0.126 e. The number of aromatic amines is 1. The van der Waals surface area contributed by atoms with E-state index in [1.165, 1.54) is 12.1 Å². The molecule has 0 saturated carbocycles. The number of rotatable bonds is 1.